The smallest absolute Gasteiger partial charge is 0.341 e. The number of aromatic nitrogens is 2. The molecule has 2 aromatic rings. The fourth-order valence-electron chi connectivity index (χ4n) is 1.86. The van der Waals surface area contributed by atoms with Crippen LogP contribution in [0.25, 0.3) is 0 Å². The van der Waals surface area contributed by atoms with Gasteiger partial charge in [-0.15, -0.1) is 0 Å². The third-order valence-electron chi connectivity index (χ3n) is 2.81. The van der Waals surface area contributed by atoms with Crippen molar-refractivity contribution in [3.05, 3.63) is 46.9 Å². The maximum atomic E-state index is 11.5. The lowest BCUT2D eigenvalue weighted by molar-refractivity contribution is 0.0599. The molecule has 0 fully saturated rings. The van der Waals surface area contributed by atoms with Gasteiger partial charge in [0, 0.05) is 12.7 Å². The van der Waals surface area contributed by atoms with E-state index in [1.165, 1.54) is 7.11 Å². The molecule has 0 aromatic carbocycles. The van der Waals surface area contributed by atoms with E-state index < -0.39 is 0 Å². The molecule has 0 saturated heterocycles. The summed E-state index contributed by atoms with van der Waals surface area (Å²) in [6.07, 6.45) is 1.73. The number of carbonyl (C=O) groups is 1. The van der Waals surface area contributed by atoms with E-state index in [2.05, 4.69) is 20.0 Å². The molecule has 0 atom stereocenters. The summed E-state index contributed by atoms with van der Waals surface area (Å²) in [5.41, 5.74) is 1.37. The van der Waals surface area contributed by atoms with Gasteiger partial charge >= 0.3 is 5.97 Å². The van der Waals surface area contributed by atoms with Gasteiger partial charge in [-0.2, -0.15) is 0 Å². The molecule has 0 radical (unpaired) electrons. The molecule has 106 valence electrons. The Labute approximate surface area is 117 Å². The quantitative estimate of drug-likeness (QED) is 0.838. The van der Waals surface area contributed by atoms with Crippen molar-refractivity contribution in [1.29, 1.82) is 0 Å². The Kier molecular flexibility index (Phi) is 4.47. The van der Waals surface area contributed by atoms with Gasteiger partial charge < -0.3 is 14.5 Å². The molecular formula is C14H17N3O3. The standard InChI is InChI=1S/C14H17N3O3/c1-9-13(14(18)19-3)6-12(20-9)8-15-7-11-4-5-16-10(2)17-11/h4-6,15H,7-8H2,1-3H3. The number of methoxy groups -OCH3 is 1. The topological polar surface area (TPSA) is 77.2 Å². The Morgan fingerprint density at radius 3 is 2.90 bits per heavy atom. The van der Waals surface area contributed by atoms with Crippen LogP contribution < -0.4 is 5.32 Å². The number of rotatable bonds is 5. The predicted octanol–water partition coefficient (Wildman–Crippen LogP) is 1.76. The Morgan fingerprint density at radius 2 is 2.20 bits per heavy atom. The second-order valence-electron chi connectivity index (χ2n) is 4.37. The normalized spacial score (nSPS) is 10.6. The van der Waals surface area contributed by atoms with E-state index in [1.54, 1.807) is 19.2 Å². The van der Waals surface area contributed by atoms with Gasteiger partial charge in [0.05, 0.1) is 19.3 Å². The first-order chi connectivity index (χ1) is 9.60. The van der Waals surface area contributed by atoms with Crippen LogP contribution in [0.5, 0.6) is 0 Å². The largest absolute Gasteiger partial charge is 0.465 e. The molecule has 6 nitrogen and oxygen atoms in total. The van der Waals surface area contributed by atoms with Crippen LogP contribution in [0.3, 0.4) is 0 Å². The van der Waals surface area contributed by atoms with Crippen LogP contribution in [0.15, 0.2) is 22.7 Å². The van der Waals surface area contributed by atoms with Crippen molar-refractivity contribution in [2.75, 3.05) is 7.11 Å². The first-order valence-electron chi connectivity index (χ1n) is 6.27. The Balaban J connectivity index is 1.93. The predicted molar refractivity (Wildman–Crippen MR) is 72.1 cm³/mol. The average Bonchev–Trinajstić information content (AvgIpc) is 2.79. The van der Waals surface area contributed by atoms with Gasteiger partial charge in [-0.1, -0.05) is 0 Å². The summed E-state index contributed by atoms with van der Waals surface area (Å²) in [7, 11) is 1.35. The molecule has 0 aliphatic carbocycles. The summed E-state index contributed by atoms with van der Waals surface area (Å²) in [4.78, 5) is 19.8. The maximum Gasteiger partial charge on any atom is 0.341 e. The lowest BCUT2D eigenvalue weighted by Crippen LogP contribution is -2.13. The summed E-state index contributed by atoms with van der Waals surface area (Å²) >= 11 is 0. The zero-order chi connectivity index (χ0) is 14.5. The van der Waals surface area contributed by atoms with Crippen LogP contribution in [0.4, 0.5) is 0 Å². The molecule has 0 spiro atoms. The van der Waals surface area contributed by atoms with Crippen molar-refractivity contribution in [3.63, 3.8) is 0 Å². The van der Waals surface area contributed by atoms with Gasteiger partial charge in [0.25, 0.3) is 0 Å². The van der Waals surface area contributed by atoms with Crippen molar-refractivity contribution >= 4 is 5.97 Å². The molecule has 2 heterocycles. The summed E-state index contributed by atoms with van der Waals surface area (Å²) in [6.45, 7) is 4.71. The van der Waals surface area contributed by atoms with Crippen LogP contribution in [0.2, 0.25) is 0 Å². The second-order valence-corrected chi connectivity index (χ2v) is 4.37. The number of aryl methyl sites for hydroxylation is 2. The highest BCUT2D eigenvalue weighted by Gasteiger charge is 2.14. The first kappa shape index (κ1) is 14.2. The Bertz CT molecular complexity index is 607. The SMILES string of the molecule is COC(=O)c1cc(CNCc2ccnc(C)n2)oc1C. The van der Waals surface area contributed by atoms with Crippen LogP contribution in [-0.2, 0) is 17.8 Å². The number of nitrogens with one attached hydrogen (secondary N) is 1. The number of carbonyl (C=O) groups excluding carboxylic acids is 1. The van der Waals surface area contributed by atoms with Gasteiger partial charge in [-0.25, -0.2) is 14.8 Å². The highest BCUT2D eigenvalue weighted by molar-refractivity contribution is 5.90. The van der Waals surface area contributed by atoms with E-state index in [0.29, 0.717) is 30.2 Å². The van der Waals surface area contributed by atoms with Gasteiger partial charge in [-0.3, -0.25) is 0 Å². The lowest BCUT2D eigenvalue weighted by atomic mass is 10.2. The van der Waals surface area contributed by atoms with Crippen LogP contribution >= 0.6 is 0 Å². The molecule has 2 rings (SSSR count). The molecule has 20 heavy (non-hydrogen) atoms. The third kappa shape index (κ3) is 3.42. The van der Waals surface area contributed by atoms with Crippen LogP contribution in [0, 0.1) is 13.8 Å². The van der Waals surface area contributed by atoms with Crippen molar-refractivity contribution in [3.8, 4) is 0 Å². The highest BCUT2D eigenvalue weighted by atomic mass is 16.5. The molecule has 0 amide bonds. The number of hydrogen-bond donors (Lipinski definition) is 1. The molecule has 1 N–H and O–H groups in total. The van der Waals surface area contributed by atoms with Gasteiger partial charge in [0.1, 0.15) is 22.9 Å². The minimum atomic E-state index is -0.385. The van der Waals surface area contributed by atoms with Gasteiger partial charge in [0.15, 0.2) is 0 Å². The lowest BCUT2D eigenvalue weighted by Gasteiger charge is -2.02. The van der Waals surface area contributed by atoms with E-state index in [4.69, 9.17) is 4.42 Å². The molecule has 6 heteroatoms. The fraction of sp³-hybridized carbons (Fsp3) is 0.357. The molecule has 0 saturated carbocycles. The third-order valence-corrected chi connectivity index (χ3v) is 2.81. The number of ether oxygens (including phenoxy) is 1. The fourth-order valence-corrected chi connectivity index (χ4v) is 1.86. The summed E-state index contributed by atoms with van der Waals surface area (Å²) < 4.78 is 10.2. The van der Waals surface area contributed by atoms with E-state index >= 15 is 0 Å². The molecule has 0 bridgehead atoms. The van der Waals surface area contributed by atoms with E-state index in [9.17, 15) is 4.79 Å². The van der Waals surface area contributed by atoms with Crippen LogP contribution in [-0.4, -0.2) is 23.0 Å². The van der Waals surface area contributed by atoms with Crippen LogP contribution in [0.1, 0.15) is 33.4 Å². The summed E-state index contributed by atoms with van der Waals surface area (Å²) in [5.74, 6) is 1.61. The minimum absolute atomic E-state index is 0.385. The summed E-state index contributed by atoms with van der Waals surface area (Å²) in [6, 6.07) is 3.55. The molecular weight excluding hydrogens is 258 g/mol. The average molecular weight is 275 g/mol. The maximum absolute atomic E-state index is 11.5. The van der Waals surface area contributed by atoms with Crippen molar-refractivity contribution in [1.82, 2.24) is 15.3 Å². The Morgan fingerprint density at radius 1 is 1.40 bits per heavy atom. The van der Waals surface area contributed by atoms with Crippen molar-refractivity contribution in [2.45, 2.75) is 26.9 Å². The van der Waals surface area contributed by atoms with Crippen molar-refractivity contribution < 1.29 is 13.9 Å². The van der Waals surface area contributed by atoms with E-state index in [0.717, 1.165) is 11.5 Å². The second kappa shape index (κ2) is 6.29. The molecule has 0 aliphatic heterocycles. The zero-order valence-corrected chi connectivity index (χ0v) is 11.8. The molecule has 0 unspecified atom stereocenters. The van der Waals surface area contributed by atoms with E-state index in [1.807, 2.05) is 13.0 Å². The molecule has 2 aromatic heterocycles. The molecule has 0 aliphatic rings. The number of nitrogens with zero attached hydrogens (tertiary/aromatic N) is 2. The number of hydrogen-bond acceptors (Lipinski definition) is 6. The number of furan rings is 1. The Hall–Kier alpha value is -2.21. The zero-order valence-electron chi connectivity index (χ0n) is 11.8. The first-order valence-corrected chi connectivity index (χ1v) is 6.27. The van der Waals surface area contributed by atoms with Gasteiger partial charge in [-0.05, 0) is 26.0 Å². The minimum Gasteiger partial charge on any atom is -0.465 e. The summed E-state index contributed by atoms with van der Waals surface area (Å²) in [5, 5.41) is 3.21. The monoisotopic (exact) mass is 275 g/mol. The van der Waals surface area contributed by atoms with Crippen molar-refractivity contribution in [2.24, 2.45) is 0 Å². The number of esters is 1. The van der Waals surface area contributed by atoms with E-state index in [-0.39, 0.29) is 5.97 Å². The van der Waals surface area contributed by atoms with Gasteiger partial charge in [0.2, 0.25) is 0 Å². The highest BCUT2D eigenvalue weighted by Crippen LogP contribution is 2.15.